The SMILES string of the molecule is CC1CCC(c2nnnn2C(C)CC(=O)O)O1. The van der Waals surface area contributed by atoms with Gasteiger partial charge in [-0.15, -0.1) is 5.10 Å². The molecule has 2 rings (SSSR count). The molecule has 1 aromatic heterocycles. The fourth-order valence-electron chi connectivity index (χ4n) is 2.06. The van der Waals surface area contributed by atoms with Crippen LogP contribution in [0.2, 0.25) is 0 Å². The van der Waals surface area contributed by atoms with E-state index in [0.29, 0.717) is 5.82 Å². The molecule has 17 heavy (non-hydrogen) atoms. The largest absolute Gasteiger partial charge is 0.481 e. The highest BCUT2D eigenvalue weighted by atomic mass is 16.5. The van der Waals surface area contributed by atoms with E-state index in [0.717, 1.165) is 12.8 Å². The topological polar surface area (TPSA) is 90.1 Å². The van der Waals surface area contributed by atoms with E-state index in [-0.39, 0.29) is 24.7 Å². The van der Waals surface area contributed by atoms with Crippen LogP contribution >= 0.6 is 0 Å². The predicted octanol–water partition coefficient (Wildman–Crippen LogP) is 0.949. The molecular formula is C10H16N4O3. The second-order valence-corrected chi connectivity index (χ2v) is 4.44. The third-order valence-corrected chi connectivity index (χ3v) is 2.93. The first-order valence-electron chi connectivity index (χ1n) is 5.73. The van der Waals surface area contributed by atoms with Gasteiger partial charge in [0.1, 0.15) is 6.10 Å². The molecule has 0 radical (unpaired) electrons. The van der Waals surface area contributed by atoms with Gasteiger partial charge < -0.3 is 9.84 Å². The fraction of sp³-hybridized carbons (Fsp3) is 0.800. The first-order chi connectivity index (χ1) is 8.08. The van der Waals surface area contributed by atoms with Crippen LogP contribution in [-0.2, 0) is 9.53 Å². The Morgan fingerprint density at radius 3 is 3.00 bits per heavy atom. The number of hydrogen-bond donors (Lipinski definition) is 1. The maximum absolute atomic E-state index is 10.7. The van der Waals surface area contributed by atoms with Crippen LogP contribution in [0.3, 0.4) is 0 Å². The van der Waals surface area contributed by atoms with Gasteiger partial charge in [-0.25, -0.2) is 4.68 Å². The van der Waals surface area contributed by atoms with Crippen molar-refractivity contribution in [3.8, 4) is 0 Å². The van der Waals surface area contributed by atoms with Crippen molar-refractivity contribution in [3.05, 3.63) is 5.82 Å². The number of rotatable bonds is 4. The molecule has 0 amide bonds. The molecule has 3 atom stereocenters. The zero-order valence-corrected chi connectivity index (χ0v) is 9.91. The zero-order valence-electron chi connectivity index (χ0n) is 9.91. The zero-order chi connectivity index (χ0) is 12.4. The molecule has 0 aromatic carbocycles. The Hall–Kier alpha value is -1.50. The smallest absolute Gasteiger partial charge is 0.305 e. The number of ether oxygens (including phenoxy) is 1. The minimum absolute atomic E-state index is 0.000311. The van der Waals surface area contributed by atoms with E-state index in [2.05, 4.69) is 15.5 Å². The van der Waals surface area contributed by atoms with E-state index in [1.807, 2.05) is 6.92 Å². The maximum atomic E-state index is 10.7. The van der Waals surface area contributed by atoms with Crippen molar-refractivity contribution in [2.75, 3.05) is 0 Å². The molecule has 1 aromatic rings. The first-order valence-corrected chi connectivity index (χ1v) is 5.73. The summed E-state index contributed by atoms with van der Waals surface area (Å²) in [4.78, 5) is 10.7. The van der Waals surface area contributed by atoms with E-state index in [9.17, 15) is 4.79 Å². The quantitative estimate of drug-likeness (QED) is 0.842. The molecule has 1 fully saturated rings. The summed E-state index contributed by atoms with van der Waals surface area (Å²) in [6.07, 6.45) is 1.95. The van der Waals surface area contributed by atoms with Gasteiger partial charge in [-0.3, -0.25) is 4.79 Å². The molecular weight excluding hydrogens is 224 g/mol. The van der Waals surface area contributed by atoms with Crippen LogP contribution < -0.4 is 0 Å². The molecule has 1 aliphatic heterocycles. The van der Waals surface area contributed by atoms with Crippen molar-refractivity contribution in [3.63, 3.8) is 0 Å². The molecule has 3 unspecified atom stereocenters. The van der Waals surface area contributed by atoms with Crippen molar-refractivity contribution >= 4 is 5.97 Å². The van der Waals surface area contributed by atoms with Crippen LogP contribution in [0.1, 0.15) is 51.1 Å². The summed E-state index contributed by atoms with van der Waals surface area (Å²) < 4.78 is 7.24. The van der Waals surface area contributed by atoms with Crippen molar-refractivity contribution < 1.29 is 14.6 Å². The molecule has 7 heteroatoms. The highest BCUT2D eigenvalue weighted by Crippen LogP contribution is 2.31. The summed E-state index contributed by atoms with van der Waals surface area (Å²) in [7, 11) is 0. The molecule has 0 saturated carbocycles. The number of tetrazole rings is 1. The molecule has 7 nitrogen and oxygen atoms in total. The average Bonchev–Trinajstić information content (AvgIpc) is 2.83. The van der Waals surface area contributed by atoms with Crippen molar-refractivity contribution in [1.82, 2.24) is 20.2 Å². The lowest BCUT2D eigenvalue weighted by Gasteiger charge is -2.14. The first kappa shape index (κ1) is 12.0. The molecule has 0 spiro atoms. The van der Waals surface area contributed by atoms with E-state index < -0.39 is 5.97 Å². The molecule has 1 aliphatic rings. The Kier molecular flexibility index (Phi) is 3.37. The van der Waals surface area contributed by atoms with Gasteiger partial charge in [0.2, 0.25) is 0 Å². The lowest BCUT2D eigenvalue weighted by Crippen LogP contribution is -2.17. The number of aliphatic carboxylic acids is 1. The summed E-state index contributed by atoms with van der Waals surface area (Å²) >= 11 is 0. The van der Waals surface area contributed by atoms with Crippen LogP contribution in [-0.4, -0.2) is 37.4 Å². The summed E-state index contributed by atoms with van der Waals surface area (Å²) in [5.41, 5.74) is 0. The van der Waals surface area contributed by atoms with Crippen LogP contribution in [0.5, 0.6) is 0 Å². The van der Waals surface area contributed by atoms with Crippen molar-refractivity contribution in [1.29, 1.82) is 0 Å². The summed E-state index contributed by atoms with van der Waals surface area (Å²) in [5, 5.41) is 20.2. The Morgan fingerprint density at radius 2 is 2.41 bits per heavy atom. The second-order valence-electron chi connectivity index (χ2n) is 4.44. The number of nitrogens with zero attached hydrogens (tertiary/aromatic N) is 4. The number of aromatic nitrogens is 4. The van der Waals surface area contributed by atoms with Gasteiger partial charge in [-0.1, -0.05) is 0 Å². The number of carbonyl (C=O) groups is 1. The van der Waals surface area contributed by atoms with Crippen LogP contribution in [0.4, 0.5) is 0 Å². The van der Waals surface area contributed by atoms with Crippen molar-refractivity contribution in [2.45, 2.75) is 51.4 Å². The standard InChI is InChI=1S/C10H16N4O3/c1-6(5-9(15)16)14-10(11-12-13-14)8-4-3-7(2)17-8/h6-8H,3-5H2,1-2H3,(H,15,16). The normalized spacial score (nSPS) is 26.0. The minimum Gasteiger partial charge on any atom is -0.481 e. The predicted molar refractivity (Wildman–Crippen MR) is 57.3 cm³/mol. The van der Waals surface area contributed by atoms with Gasteiger partial charge in [-0.2, -0.15) is 0 Å². The molecule has 94 valence electrons. The van der Waals surface area contributed by atoms with E-state index in [1.165, 1.54) is 0 Å². The van der Waals surface area contributed by atoms with Gasteiger partial charge in [0.05, 0.1) is 18.6 Å². The third kappa shape index (κ3) is 2.60. The lowest BCUT2D eigenvalue weighted by atomic mass is 10.2. The van der Waals surface area contributed by atoms with Crippen LogP contribution in [0.15, 0.2) is 0 Å². The second kappa shape index (κ2) is 4.79. The Bertz CT molecular complexity index is 406. The third-order valence-electron chi connectivity index (χ3n) is 2.93. The average molecular weight is 240 g/mol. The number of hydrogen-bond acceptors (Lipinski definition) is 5. The highest BCUT2D eigenvalue weighted by molar-refractivity contribution is 5.67. The Morgan fingerprint density at radius 1 is 1.65 bits per heavy atom. The highest BCUT2D eigenvalue weighted by Gasteiger charge is 2.29. The van der Waals surface area contributed by atoms with Crippen molar-refractivity contribution in [2.24, 2.45) is 0 Å². The van der Waals surface area contributed by atoms with E-state index in [1.54, 1.807) is 11.6 Å². The molecule has 2 heterocycles. The summed E-state index contributed by atoms with van der Waals surface area (Å²) in [5.74, 6) is -0.234. The molecule has 1 saturated heterocycles. The van der Waals surface area contributed by atoms with Gasteiger partial charge in [0, 0.05) is 0 Å². The number of carboxylic acids is 1. The Labute approximate surface area is 98.8 Å². The summed E-state index contributed by atoms with van der Waals surface area (Å²) in [6.45, 7) is 3.79. The van der Waals surface area contributed by atoms with E-state index >= 15 is 0 Å². The minimum atomic E-state index is -0.861. The molecule has 0 aliphatic carbocycles. The monoisotopic (exact) mass is 240 g/mol. The maximum Gasteiger partial charge on any atom is 0.305 e. The molecule has 0 bridgehead atoms. The Balaban J connectivity index is 2.13. The van der Waals surface area contributed by atoms with Crippen LogP contribution in [0.25, 0.3) is 0 Å². The lowest BCUT2D eigenvalue weighted by molar-refractivity contribution is -0.137. The van der Waals surface area contributed by atoms with Gasteiger partial charge in [0.25, 0.3) is 0 Å². The summed E-state index contributed by atoms with van der Waals surface area (Å²) in [6, 6.07) is -0.267. The van der Waals surface area contributed by atoms with Crippen LogP contribution in [0, 0.1) is 0 Å². The van der Waals surface area contributed by atoms with Gasteiger partial charge >= 0.3 is 5.97 Å². The fourth-order valence-corrected chi connectivity index (χ4v) is 2.06. The number of carboxylic acid groups (broad SMARTS) is 1. The van der Waals surface area contributed by atoms with Gasteiger partial charge in [-0.05, 0) is 37.1 Å². The molecule has 1 N–H and O–H groups in total. The van der Waals surface area contributed by atoms with Gasteiger partial charge in [0.15, 0.2) is 5.82 Å². The van der Waals surface area contributed by atoms with E-state index in [4.69, 9.17) is 9.84 Å².